The third-order valence-corrected chi connectivity index (χ3v) is 1.79. The molecular weight excluding hydrogens is 287 g/mol. The van der Waals surface area contributed by atoms with Crippen LogP contribution in [0.4, 0.5) is 0 Å². The lowest BCUT2D eigenvalue weighted by atomic mass is 10.4. The molecule has 5 nitrogen and oxygen atoms in total. The number of aromatic nitrogens is 2. The largest absolute Gasteiger partial charge is 0.474 e. The van der Waals surface area contributed by atoms with Gasteiger partial charge in [-0.2, -0.15) is 0 Å². The molecule has 1 aromatic rings. The molecule has 6 heteroatoms. The van der Waals surface area contributed by atoms with Gasteiger partial charge < -0.3 is 14.9 Å². The van der Waals surface area contributed by atoms with Crippen LogP contribution in [-0.2, 0) is 0 Å². The number of aliphatic hydroxyl groups excluding tert-OH is 2. The Morgan fingerprint density at radius 2 is 2.23 bits per heavy atom. The second-order valence-corrected chi connectivity index (χ2v) is 3.43. The van der Waals surface area contributed by atoms with E-state index in [1.54, 1.807) is 6.20 Å². The molecule has 0 fully saturated rings. The van der Waals surface area contributed by atoms with Crippen LogP contribution in [0.1, 0.15) is 0 Å². The summed E-state index contributed by atoms with van der Waals surface area (Å²) < 4.78 is 5.80. The SMILES string of the molecule is OCC(O)COc1cnc(I)cn1. The molecule has 0 aliphatic heterocycles. The molecule has 2 N–H and O–H groups in total. The zero-order valence-corrected chi connectivity index (χ0v) is 8.88. The summed E-state index contributed by atoms with van der Waals surface area (Å²) in [4.78, 5) is 7.84. The first kappa shape index (κ1) is 10.6. The van der Waals surface area contributed by atoms with Gasteiger partial charge in [0.15, 0.2) is 0 Å². The monoisotopic (exact) mass is 296 g/mol. The van der Waals surface area contributed by atoms with Gasteiger partial charge in [0.2, 0.25) is 5.88 Å². The van der Waals surface area contributed by atoms with Gasteiger partial charge in [-0.3, -0.25) is 0 Å². The zero-order chi connectivity index (χ0) is 9.68. The van der Waals surface area contributed by atoms with E-state index >= 15 is 0 Å². The van der Waals surface area contributed by atoms with Crippen molar-refractivity contribution in [2.45, 2.75) is 6.10 Å². The average molecular weight is 296 g/mol. The molecule has 1 aromatic heterocycles. The van der Waals surface area contributed by atoms with Crippen molar-refractivity contribution in [1.82, 2.24) is 9.97 Å². The molecule has 0 aromatic carbocycles. The van der Waals surface area contributed by atoms with E-state index in [1.165, 1.54) is 6.20 Å². The van der Waals surface area contributed by atoms with Crippen molar-refractivity contribution in [3.8, 4) is 5.88 Å². The van der Waals surface area contributed by atoms with Gasteiger partial charge >= 0.3 is 0 Å². The lowest BCUT2D eigenvalue weighted by Crippen LogP contribution is -2.21. The maximum absolute atomic E-state index is 8.95. The van der Waals surface area contributed by atoms with Gasteiger partial charge in [-0.25, -0.2) is 9.97 Å². The minimum Gasteiger partial charge on any atom is -0.474 e. The van der Waals surface area contributed by atoms with Crippen LogP contribution in [-0.4, -0.2) is 39.5 Å². The number of nitrogens with zero attached hydrogens (tertiary/aromatic N) is 2. The molecule has 0 aliphatic carbocycles. The normalized spacial score (nSPS) is 12.5. The summed E-state index contributed by atoms with van der Waals surface area (Å²) in [6.07, 6.45) is 2.15. The summed E-state index contributed by atoms with van der Waals surface area (Å²) in [7, 11) is 0. The third kappa shape index (κ3) is 3.83. The van der Waals surface area contributed by atoms with Crippen LogP contribution in [0.15, 0.2) is 12.4 Å². The fourth-order valence-corrected chi connectivity index (χ4v) is 0.888. The van der Waals surface area contributed by atoms with Crippen LogP contribution in [0, 0.1) is 3.70 Å². The van der Waals surface area contributed by atoms with Crippen molar-refractivity contribution in [3.05, 3.63) is 16.1 Å². The number of hydrogen-bond donors (Lipinski definition) is 2. The Balaban J connectivity index is 2.41. The molecule has 0 saturated heterocycles. The van der Waals surface area contributed by atoms with Crippen molar-refractivity contribution >= 4 is 22.6 Å². The predicted molar refractivity (Wildman–Crippen MR) is 53.3 cm³/mol. The van der Waals surface area contributed by atoms with Crippen LogP contribution in [0.25, 0.3) is 0 Å². The van der Waals surface area contributed by atoms with Crippen molar-refractivity contribution in [1.29, 1.82) is 0 Å². The molecule has 1 atom stereocenters. The first-order chi connectivity index (χ1) is 6.22. The second-order valence-electron chi connectivity index (χ2n) is 2.32. The zero-order valence-electron chi connectivity index (χ0n) is 6.72. The van der Waals surface area contributed by atoms with E-state index in [9.17, 15) is 0 Å². The van der Waals surface area contributed by atoms with Gasteiger partial charge in [0, 0.05) is 0 Å². The Labute approximate surface area is 88.9 Å². The second kappa shape index (κ2) is 5.30. The van der Waals surface area contributed by atoms with Gasteiger partial charge in [0.05, 0.1) is 19.0 Å². The molecule has 13 heavy (non-hydrogen) atoms. The van der Waals surface area contributed by atoms with Gasteiger partial charge in [0.25, 0.3) is 0 Å². The highest BCUT2D eigenvalue weighted by Crippen LogP contribution is 2.05. The Hall–Kier alpha value is -0.470. The molecule has 1 rings (SSSR count). The molecule has 0 saturated carbocycles. The molecule has 1 heterocycles. The number of ether oxygens (including phenoxy) is 1. The van der Waals surface area contributed by atoms with Gasteiger partial charge in [-0.1, -0.05) is 0 Å². The molecule has 0 spiro atoms. The Bertz CT molecular complexity index is 254. The lowest BCUT2D eigenvalue weighted by Gasteiger charge is -2.07. The Kier molecular flexibility index (Phi) is 4.33. The van der Waals surface area contributed by atoms with Crippen LogP contribution in [0.2, 0.25) is 0 Å². The average Bonchev–Trinajstić information content (AvgIpc) is 2.16. The van der Waals surface area contributed by atoms with E-state index < -0.39 is 6.10 Å². The van der Waals surface area contributed by atoms with Crippen LogP contribution >= 0.6 is 22.6 Å². The highest BCUT2D eigenvalue weighted by atomic mass is 127. The van der Waals surface area contributed by atoms with Crippen molar-refractivity contribution in [2.24, 2.45) is 0 Å². The maximum Gasteiger partial charge on any atom is 0.232 e. The molecule has 0 aliphatic rings. The topological polar surface area (TPSA) is 75.5 Å². The highest BCUT2D eigenvalue weighted by molar-refractivity contribution is 14.1. The first-order valence-corrected chi connectivity index (χ1v) is 4.69. The number of halogens is 1. The standard InChI is InChI=1S/C7H9IN2O3/c8-6-1-10-7(2-9-6)13-4-5(12)3-11/h1-2,5,11-12H,3-4H2. The molecule has 1 unspecified atom stereocenters. The minimum atomic E-state index is -0.874. The van der Waals surface area contributed by atoms with E-state index in [-0.39, 0.29) is 13.2 Å². The van der Waals surface area contributed by atoms with Gasteiger partial charge in [-0.05, 0) is 22.6 Å². The van der Waals surface area contributed by atoms with Crippen LogP contribution in [0.3, 0.4) is 0 Å². The summed E-state index contributed by atoms with van der Waals surface area (Å²) >= 11 is 2.03. The molecule has 0 radical (unpaired) electrons. The smallest absolute Gasteiger partial charge is 0.232 e. The van der Waals surface area contributed by atoms with E-state index in [1.807, 2.05) is 22.6 Å². The summed E-state index contributed by atoms with van der Waals surface area (Å²) in [6.45, 7) is -0.302. The number of rotatable bonds is 4. The van der Waals surface area contributed by atoms with Crippen LogP contribution < -0.4 is 4.74 Å². The van der Waals surface area contributed by atoms with Gasteiger partial charge in [-0.15, -0.1) is 0 Å². The summed E-state index contributed by atoms with van der Waals surface area (Å²) in [5.41, 5.74) is 0. The maximum atomic E-state index is 8.95. The number of aliphatic hydroxyl groups is 2. The van der Waals surface area contributed by atoms with Crippen molar-refractivity contribution in [2.75, 3.05) is 13.2 Å². The first-order valence-electron chi connectivity index (χ1n) is 3.61. The number of hydrogen-bond acceptors (Lipinski definition) is 5. The van der Waals surface area contributed by atoms with Crippen LogP contribution in [0.5, 0.6) is 5.88 Å². The summed E-state index contributed by atoms with van der Waals surface area (Å²) in [5, 5.41) is 17.4. The fraction of sp³-hybridized carbons (Fsp3) is 0.429. The van der Waals surface area contributed by atoms with Crippen molar-refractivity contribution in [3.63, 3.8) is 0 Å². The molecule has 0 amide bonds. The summed E-state index contributed by atoms with van der Waals surface area (Å²) in [6, 6.07) is 0. The molecule has 0 bridgehead atoms. The van der Waals surface area contributed by atoms with E-state index in [4.69, 9.17) is 14.9 Å². The molecule has 72 valence electrons. The lowest BCUT2D eigenvalue weighted by molar-refractivity contribution is 0.0519. The van der Waals surface area contributed by atoms with Crippen molar-refractivity contribution < 1.29 is 14.9 Å². The minimum absolute atomic E-state index is 0.0196. The molecular formula is C7H9IN2O3. The van der Waals surface area contributed by atoms with E-state index in [2.05, 4.69) is 9.97 Å². The Morgan fingerprint density at radius 3 is 2.77 bits per heavy atom. The van der Waals surface area contributed by atoms with E-state index in [0.29, 0.717) is 5.88 Å². The third-order valence-electron chi connectivity index (χ3n) is 1.23. The summed E-state index contributed by atoms with van der Waals surface area (Å²) in [5.74, 6) is 0.341. The quantitative estimate of drug-likeness (QED) is 0.754. The van der Waals surface area contributed by atoms with E-state index in [0.717, 1.165) is 3.70 Å². The predicted octanol–water partition coefficient (Wildman–Crippen LogP) is -0.187. The van der Waals surface area contributed by atoms with Gasteiger partial charge in [0.1, 0.15) is 16.4 Å². The highest BCUT2D eigenvalue weighted by Gasteiger charge is 2.03. The fourth-order valence-electron chi connectivity index (χ4n) is 0.609. The Morgan fingerprint density at radius 1 is 1.46 bits per heavy atom.